The van der Waals surface area contributed by atoms with Crippen molar-refractivity contribution in [3.63, 3.8) is 0 Å². The van der Waals surface area contributed by atoms with Crippen molar-refractivity contribution in [2.45, 2.75) is 17.7 Å². The van der Waals surface area contributed by atoms with Crippen molar-refractivity contribution in [2.75, 3.05) is 39.3 Å². The molecule has 2 atom stereocenters. The molecular formula is C15H22ClN3O3S2. The van der Waals surface area contributed by atoms with Crippen molar-refractivity contribution in [3.8, 4) is 0 Å². The third kappa shape index (κ3) is 2.99. The summed E-state index contributed by atoms with van der Waals surface area (Å²) in [6.45, 7) is 4.50. The molecule has 134 valence electrons. The minimum absolute atomic E-state index is 0. The van der Waals surface area contributed by atoms with Crippen LogP contribution in [0.25, 0.3) is 0 Å². The third-order valence-corrected chi connectivity index (χ3v) is 8.16. The smallest absolute Gasteiger partial charge is 0.265 e. The van der Waals surface area contributed by atoms with Gasteiger partial charge in [-0.3, -0.25) is 4.79 Å². The van der Waals surface area contributed by atoms with Crippen molar-refractivity contribution < 1.29 is 13.2 Å². The number of rotatable bonds is 3. The van der Waals surface area contributed by atoms with Crippen LogP contribution in [0.15, 0.2) is 16.3 Å². The normalized spacial score (nSPS) is 27.2. The minimum atomic E-state index is -3.54. The average molecular weight is 392 g/mol. The fourth-order valence-corrected chi connectivity index (χ4v) is 6.77. The predicted molar refractivity (Wildman–Crippen MR) is 95.3 cm³/mol. The number of thiophene rings is 1. The molecule has 9 heteroatoms. The summed E-state index contributed by atoms with van der Waals surface area (Å²) in [4.78, 5) is 15.3. The van der Waals surface area contributed by atoms with Crippen molar-refractivity contribution in [2.24, 2.45) is 11.8 Å². The van der Waals surface area contributed by atoms with Gasteiger partial charge in [-0.2, -0.15) is 4.31 Å². The highest BCUT2D eigenvalue weighted by Crippen LogP contribution is 2.32. The molecule has 0 aliphatic carbocycles. The molecule has 24 heavy (non-hydrogen) atoms. The summed E-state index contributed by atoms with van der Waals surface area (Å²) in [5, 5.41) is 5.07. The first-order chi connectivity index (χ1) is 11.1. The number of hydrogen-bond donors (Lipinski definition) is 1. The van der Waals surface area contributed by atoms with Gasteiger partial charge in [0.25, 0.3) is 5.91 Å². The van der Waals surface area contributed by atoms with Crippen molar-refractivity contribution in [1.29, 1.82) is 0 Å². The van der Waals surface area contributed by atoms with Crippen LogP contribution in [-0.4, -0.2) is 62.8 Å². The number of hydrogen-bond acceptors (Lipinski definition) is 5. The van der Waals surface area contributed by atoms with Gasteiger partial charge in [0.05, 0.1) is 0 Å². The van der Waals surface area contributed by atoms with Crippen molar-refractivity contribution >= 4 is 39.7 Å². The summed E-state index contributed by atoms with van der Waals surface area (Å²) in [6.07, 6.45) is 1.80. The first kappa shape index (κ1) is 18.1. The third-order valence-electron chi connectivity index (χ3n) is 5.18. The number of halogens is 1. The number of nitrogens with one attached hydrogen (secondary N) is 1. The first-order valence-corrected chi connectivity index (χ1v) is 10.5. The summed E-state index contributed by atoms with van der Waals surface area (Å²) in [6, 6.07) is 1.59. The second kappa shape index (κ2) is 6.92. The van der Waals surface area contributed by atoms with Gasteiger partial charge in [0.15, 0.2) is 0 Å². The Morgan fingerprint density at radius 3 is 2.42 bits per heavy atom. The van der Waals surface area contributed by atoms with Gasteiger partial charge in [0.1, 0.15) is 9.77 Å². The van der Waals surface area contributed by atoms with Gasteiger partial charge in [0.2, 0.25) is 10.0 Å². The van der Waals surface area contributed by atoms with Gasteiger partial charge in [-0.25, -0.2) is 8.42 Å². The molecule has 0 saturated carbocycles. The van der Waals surface area contributed by atoms with E-state index in [1.54, 1.807) is 11.4 Å². The number of carbonyl (C=O) groups is 1. The van der Waals surface area contributed by atoms with Crippen LogP contribution < -0.4 is 5.32 Å². The van der Waals surface area contributed by atoms with E-state index in [1.165, 1.54) is 15.6 Å². The summed E-state index contributed by atoms with van der Waals surface area (Å²) in [7, 11) is -3.54. The summed E-state index contributed by atoms with van der Waals surface area (Å²) >= 11 is 1.25. The second-order valence-electron chi connectivity index (χ2n) is 6.61. The van der Waals surface area contributed by atoms with Crippen LogP contribution in [0.3, 0.4) is 0 Å². The first-order valence-electron chi connectivity index (χ1n) is 8.15. The van der Waals surface area contributed by atoms with E-state index in [4.69, 9.17) is 0 Å². The van der Waals surface area contributed by atoms with Crippen LogP contribution in [0.2, 0.25) is 0 Å². The molecule has 3 saturated heterocycles. The molecule has 0 unspecified atom stereocenters. The van der Waals surface area contributed by atoms with E-state index in [0.717, 1.165) is 39.0 Å². The Balaban J connectivity index is 0.00000169. The number of nitrogens with zero attached hydrogens (tertiary/aromatic N) is 2. The number of amides is 1. The van der Waals surface area contributed by atoms with Crippen LogP contribution >= 0.6 is 23.7 Å². The molecule has 1 N–H and O–H groups in total. The molecule has 1 amide bonds. The average Bonchev–Trinajstić information content (AvgIpc) is 3.28. The summed E-state index contributed by atoms with van der Waals surface area (Å²) in [5.41, 5.74) is 0. The Labute approximate surface area is 152 Å². The molecule has 3 fully saturated rings. The Morgan fingerprint density at radius 2 is 1.79 bits per heavy atom. The van der Waals surface area contributed by atoms with E-state index in [9.17, 15) is 13.2 Å². The minimum Gasteiger partial charge on any atom is -0.337 e. The van der Waals surface area contributed by atoms with Crippen molar-refractivity contribution in [1.82, 2.24) is 14.5 Å². The monoisotopic (exact) mass is 391 g/mol. The maximum atomic E-state index is 12.9. The van der Waals surface area contributed by atoms with Crippen LogP contribution in [0.5, 0.6) is 0 Å². The highest BCUT2D eigenvalue weighted by molar-refractivity contribution is 7.89. The van der Waals surface area contributed by atoms with E-state index in [1.807, 2.05) is 4.90 Å². The predicted octanol–water partition coefficient (Wildman–Crippen LogP) is 1.25. The van der Waals surface area contributed by atoms with E-state index in [2.05, 4.69) is 5.32 Å². The molecule has 0 aromatic carbocycles. The van der Waals surface area contributed by atoms with Gasteiger partial charge in [-0.1, -0.05) is 0 Å². The molecule has 0 spiro atoms. The van der Waals surface area contributed by atoms with Gasteiger partial charge in [-0.15, -0.1) is 23.7 Å². The van der Waals surface area contributed by atoms with E-state index < -0.39 is 10.0 Å². The highest BCUT2D eigenvalue weighted by atomic mass is 35.5. The largest absolute Gasteiger partial charge is 0.337 e. The van der Waals surface area contributed by atoms with Crippen LogP contribution in [0, 0.1) is 11.8 Å². The Hall–Kier alpha value is -0.670. The summed E-state index contributed by atoms with van der Waals surface area (Å²) < 4.78 is 27.1. The topological polar surface area (TPSA) is 69.7 Å². The quantitative estimate of drug-likeness (QED) is 0.841. The van der Waals surface area contributed by atoms with Gasteiger partial charge >= 0.3 is 0 Å². The molecule has 0 radical (unpaired) electrons. The Kier molecular flexibility index (Phi) is 5.22. The lowest BCUT2D eigenvalue weighted by Crippen LogP contribution is -2.33. The summed E-state index contributed by atoms with van der Waals surface area (Å²) in [5.74, 6) is 0.905. The molecule has 1 aromatic heterocycles. The van der Waals surface area contributed by atoms with Gasteiger partial charge < -0.3 is 10.2 Å². The SMILES string of the molecule is Cl.O=C(c1sccc1S(=O)(=O)N1CCCC1)N1C[C@H]2CNC[C@H]2C1. The number of likely N-dealkylation sites (tertiary alicyclic amines) is 1. The molecule has 3 aliphatic rings. The van der Waals surface area contributed by atoms with Crippen LogP contribution in [0.1, 0.15) is 22.5 Å². The zero-order chi connectivity index (χ0) is 16.0. The lowest BCUT2D eigenvalue weighted by molar-refractivity contribution is 0.0783. The zero-order valence-electron chi connectivity index (χ0n) is 13.3. The standard InChI is InChI=1S/C15H21N3O3S2.ClH/c19-15(17-9-11-7-16-8-12(11)10-17)14-13(3-6-22-14)23(20,21)18-4-1-2-5-18;/h3,6,11-12,16H,1-2,4-5,7-10H2;1H/t11-,12+;. The van der Waals surface area contributed by atoms with Gasteiger partial charge in [-0.05, 0) is 36.1 Å². The highest BCUT2D eigenvalue weighted by Gasteiger charge is 2.40. The molecule has 4 heterocycles. The van der Waals surface area contributed by atoms with E-state index >= 15 is 0 Å². The number of fused-ring (bicyclic) bond motifs is 1. The number of sulfonamides is 1. The zero-order valence-corrected chi connectivity index (χ0v) is 15.8. The van der Waals surface area contributed by atoms with Crippen molar-refractivity contribution in [3.05, 3.63) is 16.3 Å². The maximum Gasteiger partial charge on any atom is 0.265 e. The van der Waals surface area contributed by atoms with Crippen LogP contribution in [-0.2, 0) is 10.0 Å². The second-order valence-corrected chi connectivity index (χ2v) is 9.44. The van der Waals surface area contributed by atoms with E-state index in [-0.39, 0.29) is 23.2 Å². The fraction of sp³-hybridized carbons (Fsp3) is 0.667. The van der Waals surface area contributed by atoms with Crippen LogP contribution in [0.4, 0.5) is 0 Å². The molecule has 1 aromatic rings. The van der Waals surface area contributed by atoms with Gasteiger partial charge in [0, 0.05) is 39.3 Å². The Bertz CT molecular complexity index is 703. The molecule has 0 bridgehead atoms. The molecule has 4 rings (SSSR count). The Morgan fingerprint density at radius 1 is 1.17 bits per heavy atom. The molecule has 3 aliphatic heterocycles. The molecular weight excluding hydrogens is 370 g/mol. The number of carbonyl (C=O) groups excluding carboxylic acids is 1. The lowest BCUT2D eigenvalue weighted by Gasteiger charge is -2.19. The lowest BCUT2D eigenvalue weighted by atomic mass is 10.0. The fourth-order valence-electron chi connectivity index (χ4n) is 3.89. The van der Waals surface area contributed by atoms with E-state index in [0.29, 0.717) is 29.8 Å². The molecule has 6 nitrogen and oxygen atoms in total. The maximum absolute atomic E-state index is 12.9.